The minimum Gasteiger partial charge on any atom is -0.462 e. The van der Waals surface area contributed by atoms with Gasteiger partial charge in [-0.2, -0.15) is 13.2 Å². The lowest BCUT2D eigenvalue weighted by Crippen LogP contribution is -2.15. The van der Waals surface area contributed by atoms with Crippen LogP contribution in [0.4, 0.5) is 13.2 Å². The van der Waals surface area contributed by atoms with Crippen LogP contribution in [0.25, 0.3) is 0 Å². The van der Waals surface area contributed by atoms with Crippen LogP contribution >= 0.6 is 0 Å². The number of aromatic nitrogens is 1. The highest BCUT2D eigenvalue weighted by Gasteiger charge is 2.33. The van der Waals surface area contributed by atoms with Crippen molar-refractivity contribution in [3.8, 4) is 0 Å². The minimum absolute atomic E-state index is 0.0394. The summed E-state index contributed by atoms with van der Waals surface area (Å²) in [5.74, 6) is -1.30. The average molecular weight is 290 g/mol. The molecule has 0 aliphatic heterocycles. The van der Waals surface area contributed by atoms with Crippen molar-refractivity contribution >= 4 is 11.9 Å². The van der Waals surface area contributed by atoms with Crippen LogP contribution in [0.1, 0.15) is 34.6 Å². The molecule has 0 atom stereocenters. The molecule has 110 valence electrons. The van der Waals surface area contributed by atoms with Crippen molar-refractivity contribution in [2.75, 3.05) is 6.61 Å². The number of pyridine rings is 1. The molecule has 8 heteroatoms. The Hall–Kier alpha value is -2.12. The predicted octanol–water partition coefficient (Wildman–Crippen LogP) is 1.83. The Bertz CT molecular complexity index is 515. The number of primary amides is 1. The third kappa shape index (κ3) is 4.52. The number of amides is 1. The molecule has 0 bridgehead atoms. The monoisotopic (exact) mass is 290 g/mol. The summed E-state index contributed by atoms with van der Waals surface area (Å²) in [4.78, 5) is 25.4. The average Bonchev–Trinajstić information content (AvgIpc) is 2.32. The Balaban J connectivity index is 2.67. The maximum Gasteiger partial charge on any atom is 0.433 e. The van der Waals surface area contributed by atoms with Gasteiger partial charge in [-0.25, -0.2) is 9.78 Å². The molecule has 0 radical (unpaired) electrons. The number of nitrogens with two attached hydrogens (primary N) is 1. The standard InChI is InChI=1S/C12H13F3N2O3/c1-7-8(4-5-9(17-7)12(13,14)15)11(19)20-6-2-3-10(16)18/h4-5H,2-3,6H2,1H3,(H2,16,18). The maximum absolute atomic E-state index is 12.4. The highest BCUT2D eigenvalue weighted by Crippen LogP contribution is 2.28. The van der Waals surface area contributed by atoms with Crippen LogP contribution < -0.4 is 5.73 Å². The summed E-state index contributed by atoms with van der Waals surface area (Å²) in [6.45, 7) is 1.25. The number of hydrogen-bond donors (Lipinski definition) is 1. The number of halogens is 3. The molecule has 0 aromatic carbocycles. The van der Waals surface area contributed by atoms with Crippen LogP contribution in [0.5, 0.6) is 0 Å². The zero-order chi connectivity index (χ0) is 15.3. The molecular formula is C12H13F3N2O3. The lowest BCUT2D eigenvalue weighted by atomic mass is 10.2. The van der Waals surface area contributed by atoms with Crippen molar-refractivity contribution in [3.05, 3.63) is 29.1 Å². The van der Waals surface area contributed by atoms with Gasteiger partial charge in [0.1, 0.15) is 5.69 Å². The van der Waals surface area contributed by atoms with Crippen molar-refractivity contribution in [2.45, 2.75) is 25.9 Å². The molecular weight excluding hydrogens is 277 g/mol. The van der Waals surface area contributed by atoms with Crippen LogP contribution in [0.3, 0.4) is 0 Å². The van der Waals surface area contributed by atoms with E-state index in [1.807, 2.05) is 0 Å². The molecule has 0 aliphatic rings. The van der Waals surface area contributed by atoms with Crippen molar-refractivity contribution in [3.63, 3.8) is 0 Å². The van der Waals surface area contributed by atoms with E-state index in [1.54, 1.807) is 0 Å². The zero-order valence-corrected chi connectivity index (χ0v) is 10.7. The van der Waals surface area contributed by atoms with Crippen molar-refractivity contribution in [1.29, 1.82) is 0 Å². The van der Waals surface area contributed by atoms with Crippen LogP contribution in [0.15, 0.2) is 12.1 Å². The first-order valence-corrected chi connectivity index (χ1v) is 5.72. The Morgan fingerprint density at radius 2 is 2.00 bits per heavy atom. The molecule has 0 unspecified atom stereocenters. The topological polar surface area (TPSA) is 82.3 Å². The molecule has 20 heavy (non-hydrogen) atoms. The van der Waals surface area contributed by atoms with E-state index in [0.717, 1.165) is 6.07 Å². The molecule has 5 nitrogen and oxygen atoms in total. The number of nitrogens with zero attached hydrogens (tertiary/aromatic N) is 1. The third-order valence-corrected chi connectivity index (χ3v) is 2.40. The maximum atomic E-state index is 12.4. The molecule has 0 fully saturated rings. The third-order valence-electron chi connectivity index (χ3n) is 2.40. The summed E-state index contributed by atoms with van der Waals surface area (Å²) in [6.07, 6.45) is -4.24. The van der Waals surface area contributed by atoms with E-state index in [9.17, 15) is 22.8 Å². The van der Waals surface area contributed by atoms with Crippen molar-refractivity contribution in [2.24, 2.45) is 5.73 Å². The van der Waals surface area contributed by atoms with E-state index in [0.29, 0.717) is 6.07 Å². The Morgan fingerprint density at radius 1 is 1.35 bits per heavy atom. The van der Waals surface area contributed by atoms with Crippen LogP contribution in [0.2, 0.25) is 0 Å². The molecule has 0 saturated carbocycles. The molecule has 2 N–H and O–H groups in total. The van der Waals surface area contributed by atoms with Gasteiger partial charge in [0.05, 0.1) is 17.9 Å². The summed E-state index contributed by atoms with van der Waals surface area (Å²) in [5, 5.41) is 0. The summed E-state index contributed by atoms with van der Waals surface area (Å²) in [6, 6.07) is 1.73. The number of carbonyl (C=O) groups is 2. The fraction of sp³-hybridized carbons (Fsp3) is 0.417. The first-order chi connectivity index (χ1) is 9.21. The van der Waals surface area contributed by atoms with Gasteiger partial charge in [0.2, 0.25) is 5.91 Å². The Kier molecular flexibility index (Phi) is 5.06. The number of carbonyl (C=O) groups excluding carboxylic acids is 2. The normalized spacial score (nSPS) is 11.2. The first-order valence-electron chi connectivity index (χ1n) is 5.72. The minimum atomic E-state index is -4.56. The Morgan fingerprint density at radius 3 is 2.50 bits per heavy atom. The summed E-state index contributed by atoms with van der Waals surface area (Å²) >= 11 is 0. The van der Waals surface area contributed by atoms with E-state index >= 15 is 0 Å². The van der Waals surface area contributed by atoms with Gasteiger partial charge in [-0.1, -0.05) is 0 Å². The number of esters is 1. The molecule has 1 heterocycles. The number of ether oxygens (including phenoxy) is 1. The number of alkyl halides is 3. The number of rotatable bonds is 5. The van der Waals surface area contributed by atoms with Gasteiger partial charge >= 0.3 is 12.1 Å². The quantitative estimate of drug-likeness (QED) is 0.662. The second kappa shape index (κ2) is 6.36. The van der Waals surface area contributed by atoms with E-state index in [4.69, 9.17) is 10.5 Å². The van der Waals surface area contributed by atoms with Gasteiger partial charge in [0.15, 0.2) is 0 Å². The highest BCUT2D eigenvalue weighted by atomic mass is 19.4. The van der Waals surface area contributed by atoms with E-state index < -0.39 is 23.7 Å². The lowest BCUT2D eigenvalue weighted by molar-refractivity contribution is -0.141. The molecule has 1 rings (SSSR count). The largest absolute Gasteiger partial charge is 0.462 e. The molecule has 1 aromatic rings. The SMILES string of the molecule is Cc1nc(C(F)(F)F)ccc1C(=O)OCCCC(N)=O. The summed E-state index contributed by atoms with van der Waals surface area (Å²) in [5.41, 5.74) is 3.72. The lowest BCUT2D eigenvalue weighted by Gasteiger charge is -2.09. The van der Waals surface area contributed by atoms with Gasteiger partial charge in [-0.15, -0.1) is 0 Å². The smallest absolute Gasteiger partial charge is 0.433 e. The van der Waals surface area contributed by atoms with Crippen molar-refractivity contribution < 1.29 is 27.5 Å². The molecule has 1 aromatic heterocycles. The van der Waals surface area contributed by atoms with Gasteiger partial charge in [0, 0.05) is 6.42 Å². The van der Waals surface area contributed by atoms with Gasteiger partial charge in [-0.05, 0) is 25.5 Å². The van der Waals surface area contributed by atoms with Crippen LogP contribution in [-0.2, 0) is 15.7 Å². The first kappa shape index (κ1) is 15.9. The highest BCUT2D eigenvalue weighted by molar-refractivity contribution is 5.90. The van der Waals surface area contributed by atoms with Gasteiger partial charge in [-0.3, -0.25) is 4.79 Å². The second-order valence-corrected chi connectivity index (χ2v) is 4.03. The van der Waals surface area contributed by atoms with Gasteiger partial charge in [0.25, 0.3) is 0 Å². The van der Waals surface area contributed by atoms with E-state index in [2.05, 4.69) is 4.98 Å². The Labute approximate surface area is 112 Å². The van der Waals surface area contributed by atoms with Gasteiger partial charge < -0.3 is 10.5 Å². The van der Waals surface area contributed by atoms with E-state index in [1.165, 1.54) is 6.92 Å². The summed E-state index contributed by atoms with van der Waals surface area (Å²) < 4.78 is 42.0. The van der Waals surface area contributed by atoms with Crippen LogP contribution in [-0.4, -0.2) is 23.5 Å². The zero-order valence-electron chi connectivity index (χ0n) is 10.7. The predicted molar refractivity (Wildman–Crippen MR) is 62.7 cm³/mol. The fourth-order valence-electron chi connectivity index (χ4n) is 1.42. The fourth-order valence-corrected chi connectivity index (χ4v) is 1.42. The second-order valence-electron chi connectivity index (χ2n) is 4.03. The van der Waals surface area contributed by atoms with E-state index in [-0.39, 0.29) is 30.7 Å². The van der Waals surface area contributed by atoms with Crippen molar-refractivity contribution in [1.82, 2.24) is 4.98 Å². The molecule has 1 amide bonds. The molecule has 0 aliphatic carbocycles. The number of hydrogen-bond acceptors (Lipinski definition) is 4. The number of aryl methyl sites for hydroxylation is 1. The van der Waals surface area contributed by atoms with Crippen LogP contribution in [0, 0.1) is 6.92 Å². The molecule has 0 saturated heterocycles. The summed E-state index contributed by atoms with van der Waals surface area (Å²) in [7, 11) is 0. The molecule has 0 spiro atoms.